The number of carboxylic acid groups (broad SMARTS) is 1. The zero-order chi connectivity index (χ0) is 28.9. The van der Waals surface area contributed by atoms with Gasteiger partial charge in [0.05, 0.1) is 19.7 Å². The third-order valence-electron chi connectivity index (χ3n) is 5.21. The first-order valence-corrected chi connectivity index (χ1v) is 10.9. The summed E-state index contributed by atoms with van der Waals surface area (Å²) in [5, 5.41) is 14.5. The number of carbonyl (C=O) groups excluding carboxylic acids is 1. The Balaban J connectivity index is 0.000000532. The molecule has 2 aromatic heterocycles. The van der Waals surface area contributed by atoms with Crippen LogP contribution in [0.4, 0.5) is 23.2 Å². The predicted octanol–water partition coefficient (Wildman–Crippen LogP) is 5.11. The van der Waals surface area contributed by atoms with Gasteiger partial charge in [0.2, 0.25) is 0 Å². The average Bonchev–Trinajstić information content (AvgIpc) is 3.22. The van der Waals surface area contributed by atoms with Crippen molar-refractivity contribution in [2.45, 2.75) is 13.1 Å². The molecule has 4 rings (SSSR count). The Hall–Kier alpha value is -4.88. The highest BCUT2D eigenvalue weighted by Gasteiger charge is 2.38. The molecular weight excluding hydrogens is 528 g/mol. The maximum atomic E-state index is 14.8. The highest BCUT2D eigenvalue weighted by molar-refractivity contribution is 6.03. The molecule has 2 heterocycles. The molecule has 0 saturated heterocycles. The van der Waals surface area contributed by atoms with E-state index in [-0.39, 0.29) is 17.1 Å². The number of amides is 1. The number of aliphatic carboxylic acids is 1. The minimum absolute atomic E-state index is 0.000959. The Labute approximate surface area is 218 Å². The highest BCUT2D eigenvalue weighted by atomic mass is 19.4. The smallest absolute Gasteiger partial charge is 0.490 e. The second kappa shape index (κ2) is 11.7. The molecule has 2 N–H and O–H groups in total. The van der Waals surface area contributed by atoms with Crippen molar-refractivity contribution in [3.63, 3.8) is 0 Å². The molecule has 4 aromatic rings. The van der Waals surface area contributed by atoms with E-state index in [0.29, 0.717) is 28.2 Å². The number of nitrogens with zero attached hydrogens (tertiary/aromatic N) is 3. The Morgan fingerprint density at radius 3 is 2.15 bits per heavy atom. The van der Waals surface area contributed by atoms with Gasteiger partial charge in [0.15, 0.2) is 28.8 Å². The largest absolute Gasteiger partial charge is 0.493 e. The van der Waals surface area contributed by atoms with E-state index in [2.05, 4.69) is 15.4 Å². The molecule has 0 atom stereocenters. The van der Waals surface area contributed by atoms with Gasteiger partial charge in [-0.3, -0.25) is 14.5 Å². The number of halogens is 4. The number of anilines is 1. The van der Waals surface area contributed by atoms with E-state index < -0.39 is 23.9 Å². The minimum Gasteiger partial charge on any atom is -0.493 e. The fraction of sp³-hybridized carbons (Fsp3) is 0.200. The van der Waals surface area contributed by atoms with E-state index >= 15 is 0 Å². The average molecular weight is 550 g/mol. The van der Waals surface area contributed by atoms with Crippen molar-refractivity contribution in [1.82, 2.24) is 14.8 Å². The number of carbonyl (C=O) groups is 2. The quantitative estimate of drug-likeness (QED) is 0.318. The lowest BCUT2D eigenvalue weighted by atomic mass is 10.2. The Bertz CT molecular complexity index is 1500. The molecule has 0 aliphatic heterocycles. The number of pyridine rings is 1. The first-order valence-electron chi connectivity index (χ1n) is 10.9. The number of nitrogens with one attached hydrogen (secondary N) is 1. The van der Waals surface area contributed by atoms with Gasteiger partial charge >= 0.3 is 12.1 Å². The molecular formula is C25H22F4N4O6. The van der Waals surface area contributed by atoms with Crippen LogP contribution < -0.4 is 19.5 Å². The second-order valence-electron chi connectivity index (χ2n) is 7.83. The van der Waals surface area contributed by atoms with Gasteiger partial charge in [-0.05, 0) is 37.3 Å². The summed E-state index contributed by atoms with van der Waals surface area (Å²) in [6.45, 7) is 1.84. The summed E-state index contributed by atoms with van der Waals surface area (Å²) in [4.78, 5) is 25.6. The van der Waals surface area contributed by atoms with Crippen molar-refractivity contribution in [2.75, 3.05) is 19.5 Å². The van der Waals surface area contributed by atoms with Crippen LogP contribution in [0, 0.1) is 12.7 Å². The highest BCUT2D eigenvalue weighted by Crippen LogP contribution is 2.37. The van der Waals surface area contributed by atoms with Crippen LogP contribution in [-0.2, 0) is 11.8 Å². The van der Waals surface area contributed by atoms with Crippen molar-refractivity contribution in [3.05, 3.63) is 65.9 Å². The van der Waals surface area contributed by atoms with Crippen LogP contribution in [0.1, 0.15) is 16.2 Å². The Morgan fingerprint density at radius 2 is 1.62 bits per heavy atom. The molecule has 39 heavy (non-hydrogen) atoms. The third-order valence-corrected chi connectivity index (χ3v) is 5.21. The van der Waals surface area contributed by atoms with Crippen LogP contribution in [0.3, 0.4) is 0 Å². The van der Waals surface area contributed by atoms with E-state index in [4.69, 9.17) is 24.1 Å². The Morgan fingerprint density at radius 1 is 0.974 bits per heavy atom. The lowest BCUT2D eigenvalue weighted by Gasteiger charge is -2.13. The topological polar surface area (TPSA) is 125 Å². The van der Waals surface area contributed by atoms with E-state index in [1.165, 1.54) is 26.4 Å². The molecule has 0 aliphatic carbocycles. The van der Waals surface area contributed by atoms with Crippen LogP contribution in [-0.4, -0.2) is 52.1 Å². The number of methoxy groups -OCH3 is 2. The van der Waals surface area contributed by atoms with E-state index in [1.807, 2.05) is 6.92 Å². The molecule has 206 valence electrons. The molecule has 0 spiro atoms. The van der Waals surface area contributed by atoms with Crippen molar-refractivity contribution in [1.29, 1.82) is 0 Å². The van der Waals surface area contributed by atoms with Crippen molar-refractivity contribution < 1.29 is 46.5 Å². The maximum Gasteiger partial charge on any atom is 0.490 e. The summed E-state index contributed by atoms with van der Waals surface area (Å²) in [5.41, 5.74) is 1.98. The summed E-state index contributed by atoms with van der Waals surface area (Å²) in [7, 11) is 4.81. The third kappa shape index (κ3) is 6.91. The number of aryl methyl sites for hydroxylation is 2. The van der Waals surface area contributed by atoms with Crippen LogP contribution in [0.15, 0.2) is 48.7 Å². The molecule has 10 nitrogen and oxygen atoms in total. The number of rotatable bonds is 6. The van der Waals surface area contributed by atoms with Crippen LogP contribution in [0.5, 0.6) is 23.0 Å². The number of hydrogen-bond acceptors (Lipinski definition) is 7. The molecule has 0 aliphatic rings. The van der Waals surface area contributed by atoms with Gasteiger partial charge in [-0.1, -0.05) is 0 Å². The zero-order valence-corrected chi connectivity index (χ0v) is 21.0. The number of ether oxygens (including phenoxy) is 3. The second-order valence-corrected chi connectivity index (χ2v) is 7.83. The monoisotopic (exact) mass is 550 g/mol. The molecule has 0 bridgehead atoms. The summed E-state index contributed by atoms with van der Waals surface area (Å²) in [6.07, 6.45) is -3.52. The lowest BCUT2D eigenvalue weighted by Crippen LogP contribution is -2.21. The summed E-state index contributed by atoms with van der Waals surface area (Å²) in [6, 6.07) is 10.9. The summed E-state index contributed by atoms with van der Waals surface area (Å²) < 4.78 is 64.6. The van der Waals surface area contributed by atoms with Crippen molar-refractivity contribution in [2.24, 2.45) is 7.05 Å². The van der Waals surface area contributed by atoms with E-state index in [0.717, 1.165) is 5.69 Å². The van der Waals surface area contributed by atoms with Gasteiger partial charge in [0.25, 0.3) is 5.91 Å². The lowest BCUT2D eigenvalue weighted by molar-refractivity contribution is -0.192. The summed E-state index contributed by atoms with van der Waals surface area (Å²) in [5.74, 6) is -2.39. The maximum absolute atomic E-state index is 14.8. The molecule has 2 aromatic carbocycles. The van der Waals surface area contributed by atoms with Gasteiger partial charge in [-0.15, -0.1) is 0 Å². The SMILES string of the molecule is COc1cc2nccc(Oc3ccc(NC(=O)c4cc(C)n(C)n4)cc3F)c2cc1OC.O=C(O)C(F)(F)F. The first kappa shape index (κ1) is 28.7. The van der Waals surface area contributed by atoms with Gasteiger partial charge in [0, 0.05) is 42.1 Å². The number of alkyl halides is 3. The van der Waals surface area contributed by atoms with Crippen LogP contribution >= 0.6 is 0 Å². The van der Waals surface area contributed by atoms with Gasteiger partial charge < -0.3 is 24.6 Å². The molecule has 0 radical (unpaired) electrons. The predicted molar refractivity (Wildman–Crippen MR) is 131 cm³/mol. The molecule has 0 fully saturated rings. The minimum atomic E-state index is -5.08. The number of fused-ring (bicyclic) bond motifs is 1. The fourth-order valence-corrected chi connectivity index (χ4v) is 3.18. The Kier molecular flexibility index (Phi) is 8.58. The zero-order valence-electron chi connectivity index (χ0n) is 21.0. The molecule has 14 heteroatoms. The first-order chi connectivity index (χ1) is 18.3. The number of benzene rings is 2. The normalized spacial score (nSPS) is 10.9. The summed E-state index contributed by atoms with van der Waals surface area (Å²) >= 11 is 0. The standard InChI is InChI=1S/C23H21FN4O4.C2HF3O2/c1-13-9-18(27-28(13)2)23(29)26-14-5-6-20(16(24)10-14)32-19-7-8-25-17-12-22(31-4)21(30-3)11-15(17)19;3-2(4,5)1(6)7/h5-12H,1-4H3,(H,26,29);(H,6,7). The van der Waals surface area contributed by atoms with Crippen molar-refractivity contribution in [3.8, 4) is 23.0 Å². The molecule has 0 saturated carbocycles. The van der Waals surface area contributed by atoms with Crippen LogP contribution in [0.2, 0.25) is 0 Å². The fourth-order valence-electron chi connectivity index (χ4n) is 3.18. The van der Waals surface area contributed by atoms with Crippen molar-refractivity contribution >= 4 is 28.5 Å². The van der Waals surface area contributed by atoms with E-state index in [9.17, 15) is 22.4 Å². The number of aromatic nitrogens is 3. The molecule has 1 amide bonds. The van der Waals surface area contributed by atoms with Gasteiger partial charge in [0.1, 0.15) is 5.75 Å². The molecule has 0 unspecified atom stereocenters. The van der Waals surface area contributed by atoms with Gasteiger partial charge in [-0.25, -0.2) is 9.18 Å². The van der Waals surface area contributed by atoms with Gasteiger partial charge in [-0.2, -0.15) is 18.3 Å². The van der Waals surface area contributed by atoms with Crippen LogP contribution in [0.25, 0.3) is 10.9 Å². The van der Waals surface area contributed by atoms with E-state index in [1.54, 1.807) is 48.3 Å². The number of hydrogen-bond donors (Lipinski definition) is 2. The number of carboxylic acids is 1.